The molecule has 0 saturated carbocycles. The van der Waals surface area contributed by atoms with Crippen LogP contribution in [-0.4, -0.2) is 25.5 Å². The highest BCUT2D eigenvalue weighted by molar-refractivity contribution is 5.24. The molecule has 0 aliphatic rings. The van der Waals surface area contributed by atoms with E-state index >= 15 is 0 Å². The fourth-order valence-electron chi connectivity index (χ4n) is 1.60. The Kier molecular flexibility index (Phi) is 4.86. The second kappa shape index (κ2) is 6.21. The first-order valence-electron chi connectivity index (χ1n) is 5.33. The van der Waals surface area contributed by atoms with Gasteiger partial charge in [0, 0.05) is 0 Å². The summed E-state index contributed by atoms with van der Waals surface area (Å²) in [6.45, 7) is 1.05. The normalized spacial score (nSPS) is 12.4. The van der Waals surface area contributed by atoms with Gasteiger partial charge in [-0.3, -0.25) is 0 Å². The third kappa shape index (κ3) is 4.14. The van der Waals surface area contributed by atoms with Crippen molar-refractivity contribution in [2.75, 3.05) is 20.6 Å². The van der Waals surface area contributed by atoms with E-state index in [1.807, 2.05) is 30.3 Å². The fourth-order valence-corrected chi connectivity index (χ4v) is 1.60. The van der Waals surface area contributed by atoms with E-state index in [1.165, 1.54) is 0 Å². The van der Waals surface area contributed by atoms with Gasteiger partial charge in [0.2, 0.25) is 0 Å². The Bertz CT molecular complexity index is 311. The van der Waals surface area contributed by atoms with Crippen LogP contribution >= 0.6 is 0 Å². The Morgan fingerprint density at radius 2 is 1.93 bits per heavy atom. The SMILES string of the molecule is CN(C)CCC[C@@H](C#N)c1ccccc1. The number of nitrogens with zero attached hydrogens (tertiary/aromatic N) is 2. The number of hydrogen-bond donors (Lipinski definition) is 0. The second-order valence-electron chi connectivity index (χ2n) is 4.04. The Morgan fingerprint density at radius 3 is 2.47 bits per heavy atom. The van der Waals surface area contributed by atoms with Gasteiger partial charge < -0.3 is 4.90 Å². The average molecular weight is 202 g/mol. The van der Waals surface area contributed by atoms with E-state index in [2.05, 4.69) is 25.1 Å². The lowest BCUT2D eigenvalue weighted by atomic mass is 9.96. The Morgan fingerprint density at radius 1 is 1.27 bits per heavy atom. The van der Waals surface area contributed by atoms with Crippen molar-refractivity contribution < 1.29 is 0 Å². The maximum Gasteiger partial charge on any atom is 0.0713 e. The van der Waals surface area contributed by atoms with Crippen molar-refractivity contribution in [3.05, 3.63) is 35.9 Å². The Balaban J connectivity index is 2.48. The van der Waals surface area contributed by atoms with E-state index in [-0.39, 0.29) is 5.92 Å². The number of nitriles is 1. The number of rotatable bonds is 5. The topological polar surface area (TPSA) is 27.0 Å². The lowest BCUT2D eigenvalue weighted by Crippen LogP contribution is -2.13. The molecule has 0 N–H and O–H groups in total. The maximum atomic E-state index is 9.08. The van der Waals surface area contributed by atoms with E-state index in [4.69, 9.17) is 5.26 Å². The van der Waals surface area contributed by atoms with E-state index < -0.39 is 0 Å². The van der Waals surface area contributed by atoms with Crippen molar-refractivity contribution in [2.24, 2.45) is 0 Å². The van der Waals surface area contributed by atoms with Crippen LogP contribution in [0.25, 0.3) is 0 Å². The summed E-state index contributed by atoms with van der Waals surface area (Å²) in [6.07, 6.45) is 2.01. The minimum atomic E-state index is 0.0474. The largest absolute Gasteiger partial charge is 0.309 e. The summed E-state index contributed by atoms with van der Waals surface area (Å²) in [6, 6.07) is 12.4. The number of benzene rings is 1. The van der Waals surface area contributed by atoms with Crippen LogP contribution in [0.15, 0.2) is 30.3 Å². The van der Waals surface area contributed by atoms with Crippen LogP contribution in [0.5, 0.6) is 0 Å². The molecule has 0 aromatic heterocycles. The van der Waals surface area contributed by atoms with Crippen molar-refractivity contribution in [1.29, 1.82) is 5.26 Å². The molecule has 0 bridgehead atoms. The van der Waals surface area contributed by atoms with Gasteiger partial charge >= 0.3 is 0 Å². The van der Waals surface area contributed by atoms with Crippen LogP contribution in [-0.2, 0) is 0 Å². The van der Waals surface area contributed by atoms with Crippen LogP contribution in [0.2, 0.25) is 0 Å². The third-order valence-electron chi connectivity index (χ3n) is 2.46. The summed E-state index contributed by atoms with van der Waals surface area (Å²) in [5, 5.41) is 9.08. The van der Waals surface area contributed by atoms with Crippen molar-refractivity contribution in [3.8, 4) is 6.07 Å². The summed E-state index contributed by atoms with van der Waals surface area (Å²) < 4.78 is 0. The van der Waals surface area contributed by atoms with Gasteiger partial charge in [-0.05, 0) is 39.0 Å². The van der Waals surface area contributed by atoms with Gasteiger partial charge in [0.05, 0.1) is 12.0 Å². The lowest BCUT2D eigenvalue weighted by molar-refractivity contribution is 0.391. The van der Waals surface area contributed by atoms with E-state index in [0.717, 1.165) is 24.9 Å². The van der Waals surface area contributed by atoms with Crippen molar-refractivity contribution >= 4 is 0 Å². The summed E-state index contributed by atoms with van der Waals surface area (Å²) >= 11 is 0. The predicted octanol–water partition coefficient (Wildman–Crippen LogP) is 2.64. The first kappa shape index (κ1) is 11.7. The second-order valence-corrected chi connectivity index (χ2v) is 4.04. The molecule has 0 aliphatic carbocycles. The van der Waals surface area contributed by atoms with E-state index in [0.29, 0.717) is 0 Å². The molecule has 80 valence electrons. The first-order valence-corrected chi connectivity index (χ1v) is 5.33. The van der Waals surface area contributed by atoms with E-state index in [9.17, 15) is 0 Å². The van der Waals surface area contributed by atoms with Gasteiger partial charge in [-0.25, -0.2) is 0 Å². The molecule has 0 radical (unpaired) electrons. The quantitative estimate of drug-likeness (QED) is 0.734. The molecule has 0 fully saturated rings. The molecule has 2 nitrogen and oxygen atoms in total. The molecular weight excluding hydrogens is 184 g/mol. The van der Waals surface area contributed by atoms with Gasteiger partial charge in [0.15, 0.2) is 0 Å². The standard InChI is InChI=1S/C13H18N2/c1-15(2)10-6-9-13(11-14)12-7-4-3-5-8-12/h3-5,7-8,13H,6,9-10H2,1-2H3/t13-/m0/s1. The van der Waals surface area contributed by atoms with E-state index in [1.54, 1.807) is 0 Å². The third-order valence-corrected chi connectivity index (χ3v) is 2.46. The predicted molar refractivity (Wildman–Crippen MR) is 62.6 cm³/mol. The monoisotopic (exact) mass is 202 g/mol. The zero-order valence-corrected chi connectivity index (χ0v) is 9.48. The molecule has 0 amide bonds. The van der Waals surface area contributed by atoms with Crippen LogP contribution in [0.3, 0.4) is 0 Å². The molecule has 0 unspecified atom stereocenters. The molecule has 1 aromatic carbocycles. The van der Waals surface area contributed by atoms with Crippen LogP contribution < -0.4 is 0 Å². The van der Waals surface area contributed by atoms with Crippen LogP contribution in [0.4, 0.5) is 0 Å². The lowest BCUT2D eigenvalue weighted by Gasteiger charge is -2.12. The molecule has 0 saturated heterocycles. The first-order chi connectivity index (χ1) is 7.24. The maximum absolute atomic E-state index is 9.08. The molecule has 0 spiro atoms. The van der Waals surface area contributed by atoms with Crippen LogP contribution in [0.1, 0.15) is 24.3 Å². The summed E-state index contributed by atoms with van der Waals surface area (Å²) in [7, 11) is 4.12. The van der Waals surface area contributed by atoms with Gasteiger partial charge in [-0.15, -0.1) is 0 Å². The Labute approximate surface area is 92.1 Å². The van der Waals surface area contributed by atoms with Crippen molar-refractivity contribution in [1.82, 2.24) is 4.90 Å². The molecule has 1 rings (SSSR count). The molecule has 2 heteroatoms. The average Bonchev–Trinajstić information content (AvgIpc) is 2.25. The van der Waals surface area contributed by atoms with Crippen LogP contribution in [0, 0.1) is 11.3 Å². The summed E-state index contributed by atoms with van der Waals surface area (Å²) in [5.41, 5.74) is 1.14. The summed E-state index contributed by atoms with van der Waals surface area (Å²) in [4.78, 5) is 2.15. The minimum Gasteiger partial charge on any atom is -0.309 e. The fraction of sp³-hybridized carbons (Fsp3) is 0.462. The Hall–Kier alpha value is -1.33. The zero-order chi connectivity index (χ0) is 11.1. The molecule has 1 atom stereocenters. The molecule has 15 heavy (non-hydrogen) atoms. The molecule has 0 heterocycles. The molecule has 1 aromatic rings. The zero-order valence-electron chi connectivity index (χ0n) is 9.48. The smallest absolute Gasteiger partial charge is 0.0713 e. The van der Waals surface area contributed by atoms with Gasteiger partial charge in [-0.2, -0.15) is 5.26 Å². The molecule has 0 aliphatic heterocycles. The highest BCUT2D eigenvalue weighted by Gasteiger charge is 2.09. The molecular formula is C13H18N2. The highest BCUT2D eigenvalue weighted by atomic mass is 15.0. The highest BCUT2D eigenvalue weighted by Crippen LogP contribution is 2.19. The number of hydrogen-bond acceptors (Lipinski definition) is 2. The van der Waals surface area contributed by atoms with Gasteiger partial charge in [-0.1, -0.05) is 30.3 Å². The van der Waals surface area contributed by atoms with Crippen molar-refractivity contribution in [3.63, 3.8) is 0 Å². The van der Waals surface area contributed by atoms with Crippen molar-refractivity contribution in [2.45, 2.75) is 18.8 Å². The minimum absolute atomic E-state index is 0.0474. The summed E-state index contributed by atoms with van der Waals surface area (Å²) in [5.74, 6) is 0.0474. The van der Waals surface area contributed by atoms with Gasteiger partial charge in [0.1, 0.15) is 0 Å². The van der Waals surface area contributed by atoms with Gasteiger partial charge in [0.25, 0.3) is 0 Å².